The zero-order valence-electron chi connectivity index (χ0n) is 16.9. The van der Waals surface area contributed by atoms with Crippen LogP contribution < -0.4 is 15.0 Å². The van der Waals surface area contributed by atoms with Crippen LogP contribution in [0.15, 0.2) is 47.6 Å². The Hall–Kier alpha value is -2.03. The van der Waals surface area contributed by atoms with Crippen molar-refractivity contribution in [1.29, 1.82) is 0 Å². The van der Waals surface area contributed by atoms with Crippen LogP contribution in [0.25, 0.3) is 0 Å². The van der Waals surface area contributed by atoms with Gasteiger partial charge in [0.15, 0.2) is 5.96 Å². The van der Waals surface area contributed by atoms with E-state index in [0.29, 0.717) is 0 Å². The lowest BCUT2D eigenvalue weighted by molar-refractivity contribution is 0.414. The zero-order chi connectivity index (χ0) is 19.1. The van der Waals surface area contributed by atoms with E-state index in [1.165, 1.54) is 24.0 Å². The molecule has 0 bridgehead atoms. The van der Waals surface area contributed by atoms with Crippen LogP contribution in [0.3, 0.4) is 0 Å². The first-order chi connectivity index (χ1) is 13.2. The Kier molecular flexibility index (Phi) is 8.82. The fourth-order valence-corrected chi connectivity index (χ4v) is 3.34. The van der Waals surface area contributed by atoms with Gasteiger partial charge in [0, 0.05) is 46.5 Å². The molecule has 2 aromatic rings. The summed E-state index contributed by atoms with van der Waals surface area (Å²) in [5.41, 5.74) is 2.42. The molecule has 0 radical (unpaired) electrons. The molecule has 1 saturated heterocycles. The number of anilines is 1. The number of nitrogens with one attached hydrogen (secondary N) is 1. The number of rotatable bonds is 6. The number of aliphatic imine (C=N–C) groups is 1. The molecule has 0 saturated carbocycles. The molecule has 1 aromatic carbocycles. The number of aromatic nitrogens is 1. The Labute approximate surface area is 185 Å². The first-order valence-electron chi connectivity index (χ1n) is 9.44. The van der Waals surface area contributed by atoms with Crippen LogP contribution in [-0.2, 0) is 13.1 Å². The van der Waals surface area contributed by atoms with E-state index < -0.39 is 0 Å². The Balaban J connectivity index is 0.00000280. The van der Waals surface area contributed by atoms with Crippen molar-refractivity contribution < 1.29 is 4.74 Å². The average molecular weight is 495 g/mol. The molecule has 0 atom stereocenters. The third-order valence-electron chi connectivity index (χ3n) is 4.84. The molecule has 1 aliphatic heterocycles. The third-order valence-corrected chi connectivity index (χ3v) is 4.84. The van der Waals surface area contributed by atoms with Gasteiger partial charge in [0.25, 0.3) is 0 Å². The highest BCUT2D eigenvalue weighted by Gasteiger charge is 2.14. The number of benzene rings is 1. The van der Waals surface area contributed by atoms with Crippen LogP contribution in [-0.4, -0.2) is 50.1 Å². The minimum absolute atomic E-state index is 0. The average Bonchev–Trinajstić information content (AvgIpc) is 3.24. The van der Waals surface area contributed by atoms with Crippen LogP contribution in [0.1, 0.15) is 24.0 Å². The van der Waals surface area contributed by atoms with Gasteiger partial charge in [-0.05, 0) is 48.2 Å². The Bertz CT molecular complexity index is 760. The van der Waals surface area contributed by atoms with Gasteiger partial charge in [0.2, 0.25) is 0 Å². The van der Waals surface area contributed by atoms with Crippen molar-refractivity contribution in [3.05, 3.63) is 53.7 Å². The van der Waals surface area contributed by atoms with Crippen molar-refractivity contribution in [3.8, 4) is 5.75 Å². The van der Waals surface area contributed by atoms with Crippen LogP contribution in [0.2, 0.25) is 0 Å². The maximum Gasteiger partial charge on any atom is 0.193 e. The molecule has 1 fully saturated rings. The molecule has 0 spiro atoms. The maximum atomic E-state index is 5.22. The fraction of sp³-hybridized carbons (Fsp3) is 0.429. The number of hydrogen-bond donors (Lipinski definition) is 1. The smallest absolute Gasteiger partial charge is 0.193 e. The summed E-state index contributed by atoms with van der Waals surface area (Å²) in [5.74, 6) is 2.81. The molecule has 2 heterocycles. The Morgan fingerprint density at radius 2 is 1.89 bits per heavy atom. The van der Waals surface area contributed by atoms with Crippen LogP contribution in [0.5, 0.6) is 5.75 Å². The quantitative estimate of drug-likeness (QED) is 0.378. The van der Waals surface area contributed by atoms with Crippen molar-refractivity contribution in [1.82, 2.24) is 15.2 Å². The van der Waals surface area contributed by atoms with E-state index in [2.05, 4.69) is 49.4 Å². The summed E-state index contributed by atoms with van der Waals surface area (Å²) >= 11 is 0. The zero-order valence-corrected chi connectivity index (χ0v) is 19.2. The van der Waals surface area contributed by atoms with Crippen molar-refractivity contribution in [3.63, 3.8) is 0 Å². The SMILES string of the molecule is CN=C(NCc1ccnc(N2CCCC2)c1)N(C)Cc1ccc(OC)cc1.I. The Morgan fingerprint density at radius 3 is 2.54 bits per heavy atom. The summed E-state index contributed by atoms with van der Waals surface area (Å²) in [4.78, 5) is 13.4. The summed E-state index contributed by atoms with van der Waals surface area (Å²) in [7, 11) is 5.54. The lowest BCUT2D eigenvalue weighted by atomic mass is 10.2. The van der Waals surface area contributed by atoms with Gasteiger partial charge in [-0.3, -0.25) is 4.99 Å². The number of ether oxygens (including phenoxy) is 1. The van der Waals surface area contributed by atoms with Crippen LogP contribution >= 0.6 is 24.0 Å². The maximum absolute atomic E-state index is 5.22. The molecule has 1 N–H and O–H groups in total. The normalized spacial score (nSPS) is 13.8. The first kappa shape index (κ1) is 22.3. The van der Waals surface area contributed by atoms with Gasteiger partial charge >= 0.3 is 0 Å². The van der Waals surface area contributed by atoms with Crippen LogP contribution in [0, 0.1) is 0 Å². The summed E-state index contributed by atoms with van der Waals surface area (Å²) in [6.07, 6.45) is 4.41. The molecule has 0 unspecified atom stereocenters. The highest BCUT2D eigenvalue weighted by Crippen LogP contribution is 2.18. The highest BCUT2D eigenvalue weighted by atomic mass is 127. The van der Waals surface area contributed by atoms with Gasteiger partial charge in [-0.25, -0.2) is 4.98 Å². The van der Waals surface area contributed by atoms with Gasteiger partial charge in [0.05, 0.1) is 7.11 Å². The molecule has 28 heavy (non-hydrogen) atoms. The van der Waals surface area contributed by atoms with Crippen LogP contribution in [0.4, 0.5) is 5.82 Å². The Morgan fingerprint density at radius 1 is 1.18 bits per heavy atom. The van der Waals surface area contributed by atoms with Crippen molar-refractivity contribution in [2.45, 2.75) is 25.9 Å². The lowest BCUT2D eigenvalue weighted by Gasteiger charge is -2.23. The molecule has 0 amide bonds. The number of guanidine groups is 1. The van der Waals surface area contributed by atoms with Gasteiger partial charge in [-0.15, -0.1) is 24.0 Å². The fourth-order valence-electron chi connectivity index (χ4n) is 3.34. The molecule has 152 valence electrons. The number of methoxy groups -OCH3 is 1. The summed E-state index contributed by atoms with van der Waals surface area (Å²) in [6, 6.07) is 12.4. The molecule has 0 aliphatic carbocycles. The molecule has 7 heteroatoms. The second-order valence-electron chi connectivity index (χ2n) is 6.82. The summed E-state index contributed by atoms with van der Waals surface area (Å²) in [6.45, 7) is 3.72. The summed E-state index contributed by atoms with van der Waals surface area (Å²) in [5, 5.41) is 3.45. The summed E-state index contributed by atoms with van der Waals surface area (Å²) < 4.78 is 5.22. The number of hydrogen-bond acceptors (Lipinski definition) is 4. The van der Waals surface area contributed by atoms with E-state index in [1.54, 1.807) is 7.11 Å². The lowest BCUT2D eigenvalue weighted by Crippen LogP contribution is -2.38. The van der Waals surface area contributed by atoms with Gasteiger partial charge in [-0.2, -0.15) is 0 Å². The van der Waals surface area contributed by atoms with E-state index in [9.17, 15) is 0 Å². The minimum atomic E-state index is 0. The third kappa shape index (κ3) is 5.98. The molecular weight excluding hydrogens is 465 g/mol. The van der Waals surface area contributed by atoms with Crippen molar-refractivity contribution in [2.24, 2.45) is 4.99 Å². The molecule has 1 aromatic heterocycles. The van der Waals surface area contributed by atoms with E-state index in [4.69, 9.17) is 4.74 Å². The number of nitrogens with zero attached hydrogens (tertiary/aromatic N) is 4. The molecular formula is C21H30IN5O. The number of halogens is 1. The van der Waals surface area contributed by atoms with Crippen molar-refractivity contribution in [2.75, 3.05) is 39.2 Å². The van der Waals surface area contributed by atoms with Crippen molar-refractivity contribution >= 4 is 35.8 Å². The topological polar surface area (TPSA) is 53.0 Å². The minimum Gasteiger partial charge on any atom is -0.497 e. The molecule has 1 aliphatic rings. The van der Waals surface area contributed by atoms with E-state index in [-0.39, 0.29) is 24.0 Å². The second-order valence-corrected chi connectivity index (χ2v) is 6.82. The largest absolute Gasteiger partial charge is 0.497 e. The van der Waals surface area contributed by atoms with E-state index in [0.717, 1.165) is 43.7 Å². The van der Waals surface area contributed by atoms with Gasteiger partial charge in [0.1, 0.15) is 11.6 Å². The number of pyridine rings is 1. The highest BCUT2D eigenvalue weighted by molar-refractivity contribution is 14.0. The second kappa shape index (κ2) is 11.1. The predicted molar refractivity (Wildman–Crippen MR) is 126 cm³/mol. The van der Waals surface area contributed by atoms with Gasteiger partial charge < -0.3 is 19.9 Å². The molecule has 3 rings (SSSR count). The first-order valence-corrected chi connectivity index (χ1v) is 9.44. The standard InChI is InChI=1S/C21H29N5O.HI/c1-22-21(25(2)16-17-6-8-19(27-3)9-7-17)24-15-18-10-11-23-20(14-18)26-12-4-5-13-26;/h6-11,14H,4-5,12-13,15-16H2,1-3H3,(H,22,24);1H. The van der Waals surface area contributed by atoms with E-state index >= 15 is 0 Å². The predicted octanol–water partition coefficient (Wildman–Crippen LogP) is 3.52. The van der Waals surface area contributed by atoms with Gasteiger partial charge in [-0.1, -0.05) is 12.1 Å². The van der Waals surface area contributed by atoms with E-state index in [1.807, 2.05) is 32.4 Å². The molecule has 6 nitrogen and oxygen atoms in total. The monoisotopic (exact) mass is 495 g/mol.